The number of pyridine rings is 1. The van der Waals surface area contributed by atoms with Crippen LogP contribution in [-0.4, -0.2) is 51.2 Å². The topological polar surface area (TPSA) is 71.2 Å². The van der Waals surface area contributed by atoms with E-state index in [4.69, 9.17) is 4.52 Å². The molecule has 1 aliphatic heterocycles. The fourth-order valence-electron chi connectivity index (χ4n) is 2.83. The minimum Gasteiger partial charge on any atom is -0.359 e. The van der Waals surface area contributed by atoms with Gasteiger partial charge < -0.3 is 9.42 Å². The van der Waals surface area contributed by atoms with Gasteiger partial charge in [0.25, 0.3) is 0 Å². The number of rotatable bonds is 4. The Morgan fingerprint density at radius 3 is 2.46 bits per heavy atom. The molecule has 0 spiro atoms. The molecule has 7 heteroatoms. The minimum absolute atomic E-state index is 0.765. The van der Waals surface area contributed by atoms with Crippen LogP contribution in [-0.2, 0) is 6.54 Å². The quantitative estimate of drug-likeness (QED) is 0.726. The van der Waals surface area contributed by atoms with Gasteiger partial charge in [-0.2, -0.15) is 0 Å². The highest BCUT2D eigenvalue weighted by atomic mass is 16.5. The van der Waals surface area contributed by atoms with Crippen molar-refractivity contribution in [3.8, 4) is 11.3 Å². The molecule has 122 valence electrons. The van der Waals surface area contributed by atoms with E-state index in [1.807, 2.05) is 24.3 Å². The largest absolute Gasteiger partial charge is 0.359 e. The summed E-state index contributed by atoms with van der Waals surface area (Å²) in [5.74, 6) is 1.68. The Morgan fingerprint density at radius 1 is 0.958 bits per heavy atom. The van der Waals surface area contributed by atoms with Crippen LogP contribution in [0.2, 0.25) is 0 Å². The van der Waals surface area contributed by atoms with Gasteiger partial charge in [0.05, 0.1) is 6.54 Å². The highest BCUT2D eigenvalue weighted by Gasteiger charge is 2.20. The third kappa shape index (κ3) is 3.26. The number of nitrogens with zero attached hydrogens (tertiary/aromatic N) is 6. The zero-order valence-electron chi connectivity index (χ0n) is 13.2. The SMILES string of the molecule is c1cnc(N2CCN(Cc3cc(-c4ccncc4)no3)CC2)nc1. The van der Waals surface area contributed by atoms with Crippen molar-refractivity contribution in [2.45, 2.75) is 6.54 Å². The summed E-state index contributed by atoms with van der Waals surface area (Å²) >= 11 is 0. The summed E-state index contributed by atoms with van der Waals surface area (Å²) in [5, 5.41) is 4.15. The van der Waals surface area contributed by atoms with Gasteiger partial charge in [-0.25, -0.2) is 9.97 Å². The number of aromatic nitrogens is 4. The Bertz CT molecular complexity index is 768. The molecule has 0 atom stereocenters. The first-order chi connectivity index (χ1) is 11.9. The average Bonchev–Trinajstić information content (AvgIpc) is 3.12. The van der Waals surface area contributed by atoms with Crippen molar-refractivity contribution in [2.24, 2.45) is 0 Å². The predicted octanol–water partition coefficient (Wildman–Crippen LogP) is 1.85. The van der Waals surface area contributed by atoms with E-state index < -0.39 is 0 Å². The summed E-state index contributed by atoms with van der Waals surface area (Å²) in [5.41, 5.74) is 1.87. The zero-order chi connectivity index (χ0) is 16.2. The lowest BCUT2D eigenvalue weighted by atomic mass is 10.2. The molecule has 0 bridgehead atoms. The van der Waals surface area contributed by atoms with Gasteiger partial charge in [0.15, 0.2) is 5.76 Å². The van der Waals surface area contributed by atoms with Gasteiger partial charge in [0, 0.05) is 62.6 Å². The number of hydrogen-bond acceptors (Lipinski definition) is 7. The van der Waals surface area contributed by atoms with Crippen LogP contribution in [0.1, 0.15) is 5.76 Å². The van der Waals surface area contributed by atoms with Gasteiger partial charge in [-0.1, -0.05) is 5.16 Å². The maximum Gasteiger partial charge on any atom is 0.225 e. The second kappa shape index (κ2) is 6.76. The normalized spacial score (nSPS) is 15.6. The van der Waals surface area contributed by atoms with E-state index in [-0.39, 0.29) is 0 Å². The average molecular weight is 322 g/mol. The Labute approximate surface area is 140 Å². The molecule has 0 aliphatic carbocycles. The van der Waals surface area contributed by atoms with Crippen LogP contribution in [0.3, 0.4) is 0 Å². The minimum atomic E-state index is 0.765. The summed E-state index contributed by atoms with van der Waals surface area (Å²) in [6.07, 6.45) is 7.08. The lowest BCUT2D eigenvalue weighted by molar-refractivity contribution is 0.219. The molecule has 1 aliphatic rings. The van der Waals surface area contributed by atoms with Gasteiger partial charge in [-0.05, 0) is 18.2 Å². The highest BCUT2D eigenvalue weighted by molar-refractivity contribution is 5.57. The first-order valence-electron chi connectivity index (χ1n) is 7.99. The van der Waals surface area contributed by atoms with E-state index in [2.05, 4.69) is 29.9 Å². The standard InChI is InChI=1S/C17H18N6O/c1-4-19-17(20-5-1)23-10-8-22(9-11-23)13-15-12-16(21-24-15)14-2-6-18-7-3-14/h1-7,12H,8-11,13H2. The van der Waals surface area contributed by atoms with Crippen molar-refractivity contribution >= 4 is 5.95 Å². The summed E-state index contributed by atoms with van der Waals surface area (Å²) < 4.78 is 5.48. The molecule has 0 amide bonds. The van der Waals surface area contributed by atoms with E-state index in [1.54, 1.807) is 24.8 Å². The van der Waals surface area contributed by atoms with Crippen molar-refractivity contribution in [3.05, 3.63) is 54.8 Å². The molecule has 3 aromatic heterocycles. The molecular weight excluding hydrogens is 304 g/mol. The van der Waals surface area contributed by atoms with E-state index in [0.717, 1.165) is 55.7 Å². The van der Waals surface area contributed by atoms with Crippen molar-refractivity contribution in [2.75, 3.05) is 31.1 Å². The summed E-state index contributed by atoms with van der Waals surface area (Å²) in [4.78, 5) is 17.2. The molecule has 3 aromatic rings. The van der Waals surface area contributed by atoms with Crippen LogP contribution in [0.25, 0.3) is 11.3 Å². The molecule has 24 heavy (non-hydrogen) atoms. The van der Waals surface area contributed by atoms with Crippen LogP contribution in [0.5, 0.6) is 0 Å². The van der Waals surface area contributed by atoms with E-state index in [9.17, 15) is 0 Å². The van der Waals surface area contributed by atoms with Crippen molar-refractivity contribution in [1.82, 2.24) is 25.0 Å². The second-order valence-electron chi connectivity index (χ2n) is 5.73. The number of anilines is 1. The maximum atomic E-state index is 5.48. The third-order valence-electron chi connectivity index (χ3n) is 4.12. The molecule has 1 saturated heterocycles. The molecule has 0 radical (unpaired) electrons. The predicted molar refractivity (Wildman–Crippen MR) is 89.3 cm³/mol. The van der Waals surface area contributed by atoms with Crippen LogP contribution < -0.4 is 4.90 Å². The van der Waals surface area contributed by atoms with Gasteiger partial charge in [-0.15, -0.1) is 0 Å². The summed E-state index contributed by atoms with van der Waals surface area (Å²) in [6.45, 7) is 4.49. The number of hydrogen-bond donors (Lipinski definition) is 0. The van der Waals surface area contributed by atoms with Crippen LogP contribution in [0.15, 0.2) is 53.6 Å². The van der Waals surface area contributed by atoms with Crippen LogP contribution in [0, 0.1) is 0 Å². The van der Waals surface area contributed by atoms with Crippen molar-refractivity contribution in [3.63, 3.8) is 0 Å². The first-order valence-corrected chi connectivity index (χ1v) is 7.99. The third-order valence-corrected chi connectivity index (χ3v) is 4.12. The molecule has 0 saturated carbocycles. The Morgan fingerprint density at radius 2 is 1.71 bits per heavy atom. The molecule has 4 heterocycles. The van der Waals surface area contributed by atoms with Gasteiger partial charge in [0.2, 0.25) is 5.95 Å². The second-order valence-corrected chi connectivity index (χ2v) is 5.73. The molecule has 7 nitrogen and oxygen atoms in total. The van der Waals surface area contributed by atoms with E-state index in [1.165, 1.54) is 0 Å². The first kappa shape index (κ1) is 14.8. The zero-order valence-corrected chi connectivity index (χ0v) is 13.2. The molecule has 4 rings (SSSR count). The molecule has 0 N–H and O–H groups in total. The lowest BCUT2D eigenvalue weighted by Gasteiger charge is -2.33. The molecular formula is C17H18N6O. The van der Waals surface area contributed by atoms with Crippen molar-refractivity contribution in [1.29, 1.82) is 0 Å². The molecule has 0 aromatic carbocycles. The molecule has 1 fully saturated rings. The van der Waals surface area contributed by atoms with Crippen molar-refractivity contribution < 1.29 is 4.52 Å². The van der Waals surface area contributed by atoms with E-state index in [0.29, 0.717) is 0 Å². The smallest absolute Gasteiger partial charge is 0.225 e. The Balaban J connectivity index is 1.35. The number of piperazine rings is 1. The lowest BCUT2D eigenvalue weighted by Crippen LogP contribution is -2.46. The Kier molecular flexibility index (Phi) is 4.16. The monoisotopic (exact) mass is 322 g/mol. The maximum absolute atomic E-state index is 5.48. The van der Waals surface area contributed by atoms with Gasteiger partial charge in [-0.3, -0.25) is 9.88 Å². The van der Waals surface area contributed by atoms with Crippen LogP contribution >= 0.6 is 0 Å². The fraction of sp³-hybridized carbons (Fsp3) is 0.294. The fourth-order valence-corrected chi connectivity index (χ4v) is 2.83. The van der Waals surface area contributed by atoms with Gasteiger partial charge in [0.1, 0.15) is 5.69 Å². The molecule has 0 unspecified atom stereocenters. The highest BCUT2D eigenvalue weighted by Crippen LogP contribution is 2.19. The van der Waals surface area contributed by atoms with Gasteiger partial charge >= 0.3 is 0 Å². The van der Waals surface area contributed by atoms with E-state index >= 15 is 0 Å². The van der Waals surface area contributed by atoms with Crippen LogP contribution in [0.4, 0.5) is 5.95 Å². The summed E-state index contributed by atoms with van der Waals surface area (Å²) in [6, 6.07) is 7.70. The Hall–Kier alpha value is -2.80. The summed E-state index contributed by atoms with van der Waals surface area (Å²) in [7, 11) is 0.